The molecule has 184 valence electrons. The van der Waals surface area contributed by atoms with E-state index in [0.717, 1.165) is 91.8 Å². The minimum Gasteiger partial charge on any atom is -0.379 e. The summed E-state index contributed by atoms with van der Waals surface area (Å²) in [5.74, 6) is 0. The molecule has 0 radical (unpaired) electrons. The van der Waals surface area contributed by atoms with Crippen molar-refractivity contribution in [1.29, 1.82) is 0 Å². The second kappa shape index (κ2) is 18.0. The zero-order valence-electron chi connectivity index (χ0n) is 21.1. The van der Waals surface area contributed by atoms with Crippen LogP contribution in [0.15, 0.2) is 11.6 Å². The molecule has 0 aromatic rings. The van der Waals surface area contributed by atoms with Crippen LogP contribution in [0.5, 0.6) is 0 Å². The lowest BCUT2D eigenvalue weighted by atomic mass is 10.2. The first-order valence-corrected chi connectivity index (χ1v) is 12.0. The fourth-order valence-corrected chi connectivity index (χ4v) is 3.38. The van der Waals surface area contributed by atoms with Gasteiger partial charge in [-0.15, -0.1) is 0 Å². The molecule has 4 aliphatic rings. The van der Waals surface area contributed by atoms with Crippen molar-refractivity contribution >= 4 is 0 Å². The van der Waals surface area contributed by atoms with Crippen molar-refractivity contribution < 1.29 is 18.9 Å². The average Bonchev–Trinajstić information content (AvgIpc) is 2.76. The lowest BCUT2D eigenvalue weighted by Crippen LogP contribution is -2.39. The molecule has 4 heterocycles. The minimum absolute atomic E-state index is 0.439. The molecule has 3 fully saturated rings. The van der Waals surface area contributed by atoms with Gasteiger partial charge in [-0.1, -0.05) is 18.6 Å². The maximum absolute atomic E-state index is 5.46. The fourth-order valence-electron chi connectivity index (χ4n) is 3.38. The second-order valence-corrected chi connectivity index (χ2v) is 8.90. The third-order valence-corrected chi connectivity index (χ3v) is 5.67. The smallest absolute Gasteiger partial charge is 0.0699 e. The highest BCUT2D eigenvalue weighted by molar-refractivity contribution is 4.99. The normalized spacial score (nSPS) is 28.0. The highest BCUT2D eigenvalue weighted by Gasteiger charge is 2.14. The van der Waals surface area contributed by atoms with Crippen molar-refractivity contribution in [2.45, 2.75) is 45.8 Å². The summed E-state index contributed by atoms with van der Waals surface area (Å²) in [6, 6.07) is 0. The van der Waals surface area contributed by atoms with E-state index in [1.54, 1.807) is 0 Å². The summed E-state index contributed by atoms with van der Waals surface area (Å²) in [7, 11) is 6.38. The molecule has 0 aromatic carbocycles. The SMILES string of the molecule is CC1=CCOCC1.CC1CN(C)CCO1.CCC1CN(C)CCO1.CN1CCOCC1. The third kappa shape index (κ3) is 15.8. The molecule has 3 saturated heterocycles. The molecule has 0 bridgehead atoms. The van der Waals surface area contributed by atoms with Crippen LogP contribution in [0, 0.1) is 0 Å². The van der Waals surface area contributed by atoms with Crippen LogP contribution in [0.1, 0.15) is 33.6 Å². The van der Waals surface area contributed by atoms with Crippen LogP contribution < -0.4 is 0 Å². The number of nitrogens with zero attached hydrogens (tertiary/aromatic N) is 3. The van der Waals surface area contributed by atoms with Gasteiger partial charge in [0.1, 0.15) is 0 Å². The Bertz CT molecular complexity index is 450. The Morgan fingerprint density at radius 3 is 1.74 bits per heavy atom. The Kier molecular flexibility index (Phi) is 16.5. The van der Waals surface area contributed by atoms with Gasteiger partial charge in [0.05, 0.1) is 51.8 Å². The van der Waals surface area contributed by atoms with E-state index in [1.165, 1.54) is 5.57 Å². The molecule has 0 amide bonds. The van der Waals surface area contributed by atoms with Gasteiger partial charge in [-0.3, -0.25) is 0 Å². The molecule has 0 aliphatic carbocycles. The Balaban J connectivity index is 0.000000208. The largest absolute Gasteiger partial charge is 0.379 e. The van der Waals surface area contributed by atoms with Crippen LogP contribution in [-0.4, -0.2) is 127 Å². The molecule has 0 saturated carbocycles. The van der Waals surface area contributed by atoms with E-state index in [2.05, 4.69) is 62.7 Å². The Morgan fingerprint density at radius 2 is 1.42 bits per heavy atom. The first-order valence-electron chi connectivity index (χ1n) is 12.0. The van der Waals surface area contributed by atoms with Crippen molar-refractivity contribution in [2.24, 2.45) is 0 Å². The van der Waals surface area contributed by atoms with Gasteiger partial charge in [-0.2, -0.15) is 0 Å². The molecule has 2 atom stereocenters. The highest BCUT2D eigenvalue weighted by Crippen LogP contribution is 2.05. The molecular weight excluding hydrogens is 394 g/mol. The second-order valence-electron chi connectivity index (χ2n) is 8.90. The van der Waals surface area contributed by atoms with E-state index in [9.17, 15) is 0 Å². The van der Waals surface area contributed by atoms with E-state index in [0.29, 0.717) is 12.2 Å². The molecule has 2 unspecified atom stereocenters. The Labute approximate surface area is 191 Å². The predicted octanol–water partition coefficient (Wildman–Crippen LogP) is 2.37. The molecule has 7 nitrogen and oxygen atoms in total. The summed E-state index contributed by atoms with van der Waals surface area (Å²) in [6.45, 7) is 18.4. The first-order chi connectivity index (χ1) is 14.9. The molecule has 0 aromatic heterocycles. The molecule has 7 heteroatoms. The van der Waals surface area contributed by atoms with Gasteiger partial charge in [0.2, 0.25) is 0 Å². The van der Waals surface area contributed by atoms with Crippen LogP contribution in [0.25, 0.3) is 0 Å². The fraction of sp³-hybridized carbons (Fsp3) is 0.917. The van der Waals surface area contributed by atoms with Crippen LogP contribution in [0.2, 0.25) is 0 Å². The van der Waals surface area contributed by atoms with Crippen LogP contribution in [0.3, 0.4) is 0 Å². The number of hydrogen-bond donors (Lipinski definition) is 0. The zero-order valence-corrected chi connectivity index (χ0v) is 21.1. The predicted molar refractivity (Wildman–Crippen MR) is 128 cm³/mol. The van der Waals surface area contributed by atoms with Crippen LogP contribution in [-0.2, 0) is 18.9 Å². The van der Waals surface area contributed by atoms with Crippen LogP contribution >= 0.6 is 0 Å². The number of ether oxygens (including phenoxy) is 4. The molecule has 31 heavy (non-hydrogen) atoms. The number of hydrogen-bond acceptors (Lipinski definition) is 7. The maximum Gasteiger partial charge on any atom is 0.0699 e. The number of rotatable bonds is 1. The van der Waals surface area contributed by atoms with Gasteiger partial charge in [-0.05, 0) is 47.8 Å². The van der Waals surface area contributed by atoms with E-state index < -0.39 is 0 Å². The van der Waals surface area contributed by atoms with E-state index in [4.69, 9.17) is 18.9 Å². The minimum atomic E-state index is 0.439. The molecule has 4 rings (SSSR count). The van der Waals surface area contributed by atoms with Crippen molar-refractivity contribution in [1.82, 2.24) is 14.7 Å². The van der Waals surface area contributed by atoms with Gasteiger partial charge in [0, 0.05) is 39.3 Å². The van der Waals surface area contributed by atoms with Crippen molar-refractivity contribution in [3.8, 4) is 0 Å². The Morgan fingerprint density at radius 1 is 0.806 bits per heavy atom. The van der Waals surface area contributed by atoms with Crippen molar-refractivity contribution in [2.75, 3.05) is 100 Å². The molecule has 4 aliphatic heterocycles. The summed E-state index contributed by atoms with van der Waals surface area (Å²) in [5.41, 5.74) is 1.46. The summed E-state index contributed by atoms with van der Waals surface area (Å²) in [6.07, 6.45) is 5.32. The number of morpholine rings is 3. The van der Waals surface area contributed by atoms with Gasteiger partial charge >= 0.3 is 0 Å². The van der Waals surface area contributed by atoms with Crippen LogP contribution in [0.4, 0.5) is 0 Å². The third-order valence-electron chi connectivity index (χ3n) is 5.67. The maximum atomic E-state index is 5.46. The molecule has 0 spiro atoms. The van der Waals surface area contributed by atoms with Gasteiger partial charge < -0.3 is 33.6 Å². The van der Waals surface area contributed by atoms with Gasteiger partial charge in [0.15, 0.2) is 0 Å². The summed E-state index contributed by atoms with van der Waals surface area (Å²) < 4.78 is 20.9. The Hall–Kier alpha value is -0.540. The highest BCUT2D eigenvalue weighted by atomic mass is 16.5. The van der Waals surface area contributed by atoms with Gasteiger partial charge in [0.25, 0.3) is 0 Å². The lowest BCUT2D eigenvalue weighted by molar-refractivity contribution is -0.0206. The summed E-state index contributed by atoms with van der Waals surface area (Å²) in [5, 5.41) is 0. The zero-order chi connectivity index (χ0) is 22.9. The monoisotopic (exact) mass is 443 g/mol. The summed E-state index contributed by atoms with van der Waals surface area (Å²) >= 11 is 0. The van der Waals surface area contributed by atoms with Crippen molar-refractivity contribution in [3.05, 3.63) is 11.6 Å². The quantitative estimate of drug-likeness (QED) is 0.577. The van der Waals surface area contributed by atoms with E-state index >= 15 is 0 Å². The van der Waals surface area contributed by atoms with Gasteiger partial charge in [-0.25, -0.2) is 0 Å². The topological polar surface area (TPSA) is 46.6 Å². The summed E-state index contributed by atoms with van der Waals surface area (Å²) in [4.78, 5) is 6.87. The van der Waals surface area contributed by atoms with E-state index in [1.807, 2.05) is 0 Å². The average molecular weight is 444 g/mol. The molecule has 0 N–H and O–H groups in total. The number of likely N-dealkylation sites (N-methyl/N-ethyl adjacent to an activating group) is 3. The lowest BCUT2D eigenvalue weighted by Gasteiger charge is -2.29. The standard InChI is InChI=1S/C7H15NO.C6H13NO.C6H10O.C5H11NO/c1-3-7-6-8(2)4-5-9-7;1-6-5-7(2)3-4-8-6;2*1-6-2-4-7-5-3-6/h7H,3-6H2,1-2H3;6H,3-5H2,1-2H3;2H,3-5H2,1H3;2-5H2,1H3. The van der Waals surface area contributed by atoms with Crippen molar-refractivity contribution in [3.63, 3.8) is 0 Å². The molecular formula is C24H49N3O4. The van der Waals surface area contributed by atoms with E-state index in [-0.39, 0.29) is 0 Å². The first kappa shape index (κ1) is 28.5.